The van der Waals surface area contributed by atoms with Crippen LogP contribution >= 0.6 is 7.60 Å². The predicted octanol–water partition coefficient (Wildman–Crippen LogP) is 2.04. The third-order valence-electron chi connectivity index (χ3n) is 2.45. The summed E-state index contributed by atoms with van der Waals surface area (Å²) in [5.41, 5.74) is 0. The fourth-order valence-electron chi connectivity index (χ4n) is 1.81. The van der Waals surface area contributed by atoms with Crippen molar-refractivity contribution in [2.45, 2.75) is 6.92 Å². The lowest BCUT2D eigenvalue weighted by Gasteiger charge is -2.14. The minimum Gasteiger partial charge on any atom is -0.493 e. The van der Waals surface area contributed by atoms with E-state index < -0.39 is 7.60 Å². The number of hydrogen-bond donors (Lipinski definition) is 2. The highest BCUT2D eigenvalue weighted by atomic mass is 31.2. The van der Waals surface area contributed by atoms with Crippen LogP contribution in [-0.4, -0.2) is 16.4 Å². The topological polar surface area (TPSA) is 66.8 Å². The third-order valence-corrected chi connectivity index (χ3v) is 3.50. The minimum absolute atomic E-state index is 0.0301. The van der Waals surface area contributed by atoms with Gasteiger partial charge in [0.1, 0.15) is 11.1 Å². The molecule has 90 valence electrons. The maximum atomic E-state index is 11.6. The Morgan fingerprint density at radius 2 is 1.88 bits per heavy atom. The Labute approximate surface area is 99.0 Å². The highest BCUT2D eigenvalue weighted by Gasteiger charge is 2.25. The van der Waals surface area contributed by atoms with Gasteiger partial charge in [-0.2, -0.15) is 0 Å². The lowest BCUT2D eigenvalue weighted by Crippen LogP contribution is -2.11. The summed E-state index contributed by atoms with van der Waals surface area (Å²) in [5.74, 6) is 0.250. The quantitative estimate of drug-likeness (QED) is 0.820. The number of benzene rings is 2. The van der Waals surface area contributed by atoms with Crippen molar-refractivity contribution in [2.75, 3.05) is 6.61 Å². The van der Waals surface area contributed by atoms with Gasteiger partial charge < -0.3 is 14.5 Å². The molecule has 0 unspecified atom stereocenters. The molecule has 0 bridgehead atoms. The van der Waals surface area contributed by atoms with E-state index in [0.717, 1.165) is 5.39 Å². The molecule has 5 heteroatoms. The Morgan fingerprint density at radius 1 is 1.18 bits per heavy atom. The van der Waals surface area contributed by atoms with Gasteiger partial charge in [0.05, 0.1) is 6.61 Å². The molecule has 4 nitrogen and oxygen atoms in total. The van der Waals surface area contributed by atoms with Crippen LogP contribution in [-0.2, 0) is 4.57 Å². The van der Waals surface area contributed by atoms with Crippen LogP contribution in [0.15, 0.2) is 36.4 Å². The van der Waals surface area contributed by atoms with Crippen molar-refractivity contribution in [1.82, 2.24) is 0 Å². The van der Waals surface area contributed by atoms with Crippen LogP contribution in [0.4, 0.5) is 0 Å². The normalized spacial score (nSPS) is 11.7. The van der Waals surface area contributed by atoms with Gasteiger partial charge in [-0.1, -0.05) is 30.3 Å². The SMILES string of the molecule is CCOc1ccc2ccccc2c1P(=O)(O)O. The van der Waals surface area contributed by atoms with Gasteiger partial charge in [-0.25, -0.2) is 0 Å². The molecule has 0 spiro atoms. The van der Waals surface area contributed by atoms with Crippen LogP contribution in [0, 0.1) is 0 Å². The number of ether oxygens (including phenoxy) is 1. The number of rotatable bonds is 3. The summed E-state index contributed by atoms with van der Waals surface area (Å²) in [7, 11) is -4.36. The van der Waals surface area contributed by atoms with Gasteiger partial charge >= 0.3 is 7.60 Å². The Kier molecular flexibility index (Phi) is 3.20. The van der Waals surface area contributed by atoms with Crippen molar-refractivity contribution in [3.8, 4) is 5.75 Å². The molecule has 2 aromatic carbocycles. The molecule has 0 amide bonds. The fraction of sp³-hybridized carbons (Fsp3) is 0.167. The molecular weight excluding hydrogens is 239 g/mol. The molecule has 0 saturated carbocycles. The number of fused-ring (bicyclic) bond motifs is 1. The van der Waals surface area contributed by atoms with E-state index >= 15 is 0 Å². The Morgan fingerprint density at radius 3 is 2.53 bits per heavy atom. The average Bonchev–Trinajstić information content (AvgIpc) is 2.27. The molecule has 0 aliphatic heterocycles. The first-order valence-electron chi connectivity index (χ1n) is 5.24. The fourth-order valence-corrected chi connectivity index (χ4v) is 2.75. The van der Waals surface area contributed by atoms with E-state index in [9.17, 15) is 14.4 Å². The number of hydrogen-bond acceptors (Lipinski definition) is 2. The summed E-state index contributed by atoms with van der Waals surface area (Å²) in [4.78, 5) is 18.9. The summed E-state index contributed by atoms with van der Waals surface area (Å²) >= 11 is 0. The first kappa shape index (κ1) is 12.1. The molecule has 0 aromatic heterocycles. The molecule has 17 heavy (non-hydrogen) atoms. The Balaban J connectivity index is 2.80. The maximum absolute atomic E-state index is 11.6. The van der Waals surface area contributed by atoms with E-state index in [0.29, 0.717) is 12.0 Å². The summed E-state index contributed by atoms with van der Waals surface area (Å²) in [5, 5.41) is 1.29. The maximum Gasteiger partial charge on any atom is 0.360 e. The van der Waals surface area contributed by atoms with Gasteiger partial charge in [0, 0.05) is 5.39 Å². The summed E-state index contributed by atoms with van der Waals surface area (Å²) in [6.45, 7) is 2.14. The molecular formula is C12H13O4P. The van der Waals surface area contributed by atoms with Crippen LogP contribution in [0.5, 0.6) is 5.75 Å². The van der Waals surface area contributed by atoms with E-state index in [1.807, 2.05) is 12.1 Å². The highest BCUT2D eigenvalue weighted by molar-refractivity contribution is 7.61. The van der Waals surface area contributed by atoms with Crippen LogP contribution in [0.1, 0.15) is 6.92 Å². The Hall–Kier alpha value is -1.35. The third kappa shape index (κ3) is 2.34. The van der Waals surface area contributed by atoms with E-state index in [1.165, 1.54) is 0 Å². The molecule has 2 rings (SSSR count). The van der Waals surface area contributed by atoms with Gasteiger partial charge in [0.2, 0.25) is 0 Å². The lowest BCUT2D eigenvalue weighted by atomic mass is 10.1. The van der Waals surface area contributed by atoms with Crippen molar-refractivity contribution in [2.24, 2.45) is 0 Å². The van der Waals surface area contributed by atoms with Crippen molar-refractivity contribution in [1.29, 1.82) is 0 Å². The monoisotopic (exact) mass is 252 g/mol. The van der Waals surface area contributed by atoms with Crippen LogP contribution < -0.4 is 10.0 Å². The van der Waals surface area contributed by atoms with Gasteiger partial charge in [-0.3, -0.25) is 4.57 Å². The van der Waals surface area contributed by atoms with E-state index in [4.69, 9.17) is 4.74 Å². The molecule has 0 fully saturated rings. The summed E-state index contributed by atoms with van der Waals surface area (Å²) in [6, 6.07) is 10.5. The van der Waals surface area contributed by atoms with Gasteiger partial charge in [0.15, 0.2) is 0 Å². The highest BCUT2D eigenvalue weighted by Crippen LogP contribution is 2.40. The van der Waals surface area contributed by atoms with Crippen molar-refractivity contribution in [3.05, 3.63) is 36.4 Å². The zero-order valence-electron chi connectivity index (χ0n) is 9.33. The molecule has 0 aliphatic carbocycles. The second kappa shape index (κ2) is 4.49. The van der Waals surface area contributed by atoms with E-state index in [2.05, 4.69) is 0 Å². The molecule has 0 aliphatic rings. The van der Waals surface area contributed by atoms with Crippen molar-refractivity contribution in [3.63, 3.8) is 0 Å². The smallest absolute Gasteiger partial charge is 0.360 e. The standard InChI is InChI=1S/C12H13O4P/c1-2-16-11-8-7-9-5-3-4-6-10(9)12(11)17(13,14)15/h3-8H,2H2,1H3,(H2,13,14,15). The largest absolute Gasteiger partial charge is 0.493 e. The molecule has 0 radical (unpaired) electrons. The van der Waals surface area contributed by atoms with E-state index in [-0.39, 0.29) is 11.1 Å². The summed E-state index contributed by atoms with van der Waals surface area (Å²) in [6.07, 6.45) is 0. The van der Waals surface area contributed by atoms with Gasteiger partial charge in [0.25, 0.3) is 0 Å². The predicted molar refractivity (Wildman–Crippen MR) is 66.8 cm³/mol. The molecule has 0 saturated heterocycles. The average molecular weight is 252 g/mol. The van der Waals surface area contributed by atoms with Crippen LogP contribution in [0.3, 0.4) is 0 Å². The second-order valence-electron chi connectivity index (χ2n) is 3.61. The molecule has 2 aromatic rings. The van der Waals surface area contributed by atoms with Gasteiger partial charge in [-0.15, -0.1) is 0 Å². The zero-order chi connectivity index (χ0) is 12.5. The van der Waals surface area contributed by atoms with Crippen molar-refractivity contribution >= 4 is 23.7 Å². The molecule has 2 N–H and O–H groups in total. The molecule has 0 heterocycles. The molecule has 0 atom stereocenters. The second-order valence-corrected chi connectivity index (χ2v) is 5.15. The van der Waals surface area contributed by atoms with Crippen LogP contribution in [0.2, 0.25) is 0 Å². The van der Waals surface area contributed by atoms with E-state index in [1.54, 1.807) is 31.2 Å². The van der Waals surface area contributed by atoms with Crippen molar-refractivity contribution < 1.29 is 19.1 Å². The first-order chi connectivity index (χ1) is 8.04. The summed E-state index contributed by atoms with van der Waals surface area (Å²) < 4.78 is 16.8. The van der Waals surface area contributed by atoms with Gasteiger partial charge in [-0.05, 0) is 18.4 Å². The lowest BCUT2D eigenvalue weighted by molar-refractivity contribution is 0.339. The first-order valence-corrected chi connectivity index (χ1v) is 6.86. The zero-order valence-corrected chi connectivity index (χ0v) is 10.2. The van der Waals surface area contributed by atoms with Crippen LogP contribution in [0.25, 0.3) is 10.8 Å². The minimum atomic E-state index is -4.36. The Bertz CT molecular complexity index is 588.